The lowest BCUT2D eigenvalue weighted by molar-refractivity contribution is 0.226. The maximum absolute atomic E-state index is 9.63. The van der Waals surface area contributed by atoms with Crippen molar-refractivity contribution in [2.24, 2.45) is 4.99 Å². The second kappa shape index (κ2) is 7.24. The van der Waals surface area contributed by atoms with E-state index in [9.17, 15) is 5.11 Å². The topological polar surface area (TPSA) is 48.7 Å². The average Bonchev–Trinajstić information content (AvgIpc) is 2.44. The Morgan fingerprint density at radius 1 is 1.32 bits per heavy atom. The van der Waals surface area contributed by atoms with Gasteiger partial charge in [0, 0.05) is 12.7 Å². The van der Waals surface area contributed by atoms with E-state index in [4.69, 9.17) is 0 Å². The summed E-state index contributed by atoms with van der Waals surface area (Å²) < 4.78 is 0. The SMILES string of the molecule is CN=Cc1nc(CCCN2CCCCC2)ccc1O. The number of rotatable bonds is 5. The number of aromatic hydroxyl groups is 1. The number of piperidine rings is 1. The first-order chi connectivity index (χ1) is 9.29. The summed E-state index contributed by atoms with van der Waals surface area (Å²) in [7, 11) is 1.68. The summed E-state index contributed by atoms with van der Waals surface area (Å²) in [4.78, 5) is 10.9. The van der Waals surface area contributed by atoms with Crippen LogP contribution in [0.5, 0.6) is 5.75 Å². The van der Waals surface area contributed by atoms with Crippen LogP contribution in [-0.2, 0) is 6.42 Å². The zero-order chi connectivity index (χ0) is 13.5. The van der Waals surface area contributed by atoms with Crippen molar-refractivity contribution in [1.29, 1.82) is 0 Å². The van der Waals surface area contributed by atoms with Crippen molar-refractivity contribution in [3.63, 3.8) is 0 Å². The highest BCUT2D eigenvalue weighted by Crippen LogP contribution is 2.14. The molecule has 1 aromatic rings. The van der Waals surface area contributed by atoms with Gasteiger partial charge in [0.1, 0.15) is 11.4 Å². The van der Waals surface area contributed by atoms with Crippen LogP contribution in [0.25, 0.3) is 0 Å². The van der Waals surface area contributed by atoms with Crippen LogP contribution >= 0.6 is 0 Å². The van der Waals surface area contributed by atoms with E-state index in [0.717, 1.165) is 25.1 Å². The number of hydrogen-bond acceptors (Lipinski definition) is 4. The standard InChI is InChI=1S/C15H23N3O/c1-16-12-14-15(19)8-7-13(17-14)6-5-11-18-9-3-2-4-10-18/h7-8,12,19H,2-6,9-11H2,1H3. The van der Waals surface area contributed by atoms with E-state index in [1.165, 1.54) is 32.4 Å². The van der Waals surface area contributed by atoms with Crippen molar-refractivity contribution >= 4 is 6.21 Å². The fraction of sp³-hybridized carbons (Fsp3) is 0.600. The van der Waals surface area contributed by atoms with Crippen LogP contribution in [0.2, 0.25) is 0 Å². The molecule has 0 aromatic carbocycles. The Labute approximate surface area is 115 Å². The summed E-state index contributed by atoms with van der Waals surface area (Å²) in [6.07, 6.45) is 7.75. The molecule has 2 heterocycles. The molecule has 104 valence electrons. The first-order valence-corrected chi connectivity index (χ1v) is 7.13. The van der Waals surface area contributed by atoms with Crippen LogP contribution in [0.4, 0.5) is 0 Å². The lowest BCUT2D eigenvalue weighted by Gasteiger charge is -2.26. The molecule has 4 nitrogen and oxygen atoms in total. The molecule has 4 heteroatoms. The first-order valence-electron chi connectivity index (χ1n) is 7.13. The maximum atomic E-state index is 9.63. The molecule has 0 aliphatic carbocycles. The van der Waals surface area contributed by atoms with Gasteiger partial charge in [0.25, 0.3) is 0 Å². The number of pyridine rings is 1. The average molecular weight is 261 g/mol. The molecule has 1 aromatic heterocycles. The smallest absolute Gasteiger partial charge is 0.142 e. The van der Waals surface area contributed by atoms with E-state index in [-0.39, 0.29) is 5.75 Å². The molecule has 1 aliphatic heterocycles. The van der Waals surface area contributed by atoms with Gasteiger partial charge in [-0.1, -0.05) is 6.42 Å². The molecule has 0 bridgehead atoms. The number of likely N-dealkylation sites (tertiary alicyclic amines) is 1. The van der Waals surface area contributed by atoms with Gasteiger partial charge in [-0.25, -0.2) is 4.98 Å². The molecule has 0 saturated carbocycles. The van der Waals surface area contributed by atoms with Crippen LogP contribution in [-0.4, -0.2) is 47.9 Å². The molecular formula is C15H23N3O. The third-order valence-corrected chi connectivity index (χ3v) is 3.57. The lowest BCUT2D eigenvalue weighted by Crippen LogP contribution is -2.30. The van der Waals surface area contributed by atoms with Crippen LogP contribution in [0.1, 0.15) is 37.1 Å². The minimum atomic E-state index is 0.199. The molecule has 19 heavy (non-hydrogen) atoms. The molecule has 1 fully saturated rings. The van der Waals surface area contributed by atoms with Gasteiger partial charge in [-0.05, 0) is 57.5 Å². The summed E-state index contributed by atoms with van der Waals surface area (Å²) in [6.45, 7) is 3.65. The van der Waals surface area contributed by atoms with Crippen molar-refractivity contribution in [1.82, 2.24) is 9.88 Å². The zero-order valence-electron chi connectivity index (χ0n) is 11.7. The molecule has 0 radical (unpaired) electrons. The monoisotopic (exact) mass is 261 g/mol. The first kappa shape index (κ1) is 14.0. The van der Waals surface area contributed by atoms with E-state index in [0.29, 0.717) is 5.69 Å². The van der Waals surface area contributed by atoms with E-state index >= 15 is 0 Å². The molecule has 1 aliphatic rings. The Kier molecular flexibility index (Phi) is 5.33. The molecule has 1 saturated heterocycles. The second-order valence-electron chi connectivity index (χ2n) is 5.10. The number of aromatic nitrogens is 1. The minimum Gasteiger partial charge on any atom is -0.506 e. The van der Waals surface area contributed by atoms with Crippen molar-refractivity contribution in [2.75, 3.05) is 26.7 Å². The number of aliphatic imine (C=N–C) groups is 1. The second-order valence-corrected chi connectivity index (χ2v) is 5.10. The predicted octanol–water partition coefficient (Wildman–Crippen LogP) is 2.25. The van der Waals surface area contributed by atoms with Crippen LogP contribution < -0.4 is 0 Å². The summed E-state index contributed by atoms with van der Waals surface area (Å²) >= 11 is 0. The highest BCUT2D eigenvalue weighted by atomic mass is 16.3. The van der Waals surface area contributed by atoms with Gasteiger partial charge >= 0.3 is 0 Å². The number of aryl methyl sites for hydroxylation is 1. The summed E-state index contributed by atoms with van der Waals surface area (Å²) in [5.74, 6) is 0.199. The van der Waals surface area contributed by atoms with E-state index < -0.39 is 0 Å². The van der Waals surface area contributed by atoms with Gasteiger partial charge in [-0.15, -0.1) is 0 Å². The number of nitrogens with zero attached hydrogens (tertiary/aromatic N) is 3. The van der Waals surface area contributed by atoms with Crippen LogP contribution in [0.3, 0.4) is 0 Å². The highest BCUT2D eigenvalue weighted by molar-refractivity contribution is 5.80. The third kappa shape index (κ3) is 4.31. The summed E-state index contributed by atoms with van der Waals surface area (Å²) in [5, 5.41) is 9.63. The lowest BCUT2D eigenvalue weighted by atomic mass is 10.1. The summed E-state index contributed by atoms with van der Waals surface area (Å²) in [6, 6.07) is 3.61. The fourth-order valence-electron chi connectivity index (χ4n) is 2.53. The number of hydrogen-bond donors (Lipinski definition) is 1. The van der Waals surface area contributed by atoms with Crippen LogP contribution in [0.15, 0.2) is 17.1 Å². The van der Waals surface area contributed by atoms with Crippen molar-refractivity contribution in [3.8, 4) is 5.75 Å². The Morgan fingerprint density at radius 3 is 2.84 bits per heavy atom. The maximum Gasteiger partial charge on any atom is 0.142 e. The molecule has 1 N–H and O–H groups in total. The Balaban J connectivity index is 1.83. The summed E-state index contributed by atoms with van der Waals surface area (Å²) in [5.41, 5.74) is 1.60. The van der Waals surface area contributed by atoms with E-state index in [1.54, 1.807) is 19.3 Å². The molecule has 0 spiro atoms. The Morgan fingerprint density at radius 2 is 2.11 bits per heavy atom. The van der Waals surface area contributed by atoms with Crippen LogP contribution in [0, 0.1) is 0 Å². The fourth-order valence-corrected chi connectivity index (χ4v) is 2.53. The normalized spacial score (nSPS) is 17.1. The zero-order valence-corrected chi connectivity index (χ0v) is 11.7. The Bertz CT molecular complexity index is 425. The largest absolute Gasteiger partial charge is 0.506 e. The van der Waals surface area contributed by atoms with E-state index in [2.05, 4.69) is 14.9 Å². The van der Waals surface area contributed by atoms with Gasteiger partial charge in [0.05, 0.1) is 6.21 Å². The molecule has 0 atom stereocenters. The highest BCUT2D eigenvalue weighted by Gasteiger charge is 2.09. The quantitative estimate of drug-likeness (QED) is 0.827. The Hall–Kier alpha value is -1.42. The van der Waals surface area contributed by atoms with Gasteiger partial charge in [-0.3, -0.25) is 4.99 Å². The van der Waals surface area contributed by atoms with Gasteiger partial charge in [0.2, 0.25) is 0 Å². The predicted molar refractivity (Wildman–Crippen MR) is 78.0 cm³/mol. The van der Waals surface area contributed by atoms with Crippen molar-refractivity contribution in [2.45, 2.75) is 32.1 Å². The van der Waals surface area contributed by atoms with E-state index in [1.807, 2.05) is 6.07 Å². The van der Waals surface area contributed by atoms with Crippen molar-refractivity contribution in [3.05, 3.63) is 23.5 Å². The molecule has 0 amide bonds. The third-order valence-electron chi connectivity index (χ3n) is 3.57. The van der Waals surface area contributed by atoms with Crippen molar-refractivity contribution < 1.29 is 5.11 Å². The molecule has 2 rings (SSSR count). The molecule has 0 unspecified atom stereocenters. The van der Waals surface area contributed by atoms with Gasteiger partial charge < -0.3 is 10.0 Å². The minimum absolute atomic E-state index is 0.199. The van der Waals surface area contributed by atoms with Gasteiger partial charge in [-0.2, -0.15) is 0 Å². The van der Waals surface area contributed by atoms with Gasteiger partial charge in [0.15, 0.2) is 0 Å². The molecular weight excluding hydrogens is 238 g/mol.